The predicted molar refractivity (Wildman–Crippen MR) is 72.5 cm³/mol. The molecule has 1 unspecified atom stereocenters. The molecule has 0 saturated heterocycles. The Bertz CT molecular complexity index is 290. The average molecular weight is 217 g/mol. The first-order chi connectivity index (χ1) is 7.83. The summed E-state index contributed by atoms with van der Waals surface area (Å²) in [6.45, 7) is 5.45. The highest BCUT2D eigenvalue weighted by atomic mass is 14.9. The van der Waals surface area contributed by atoms with E-state index in [0.29, 0.717) is 6.04 Å². The van der Waals surface area contributed by atoms with Gasteiger partial charge in [0.25, 0.3) is 0 Å². The van der Waals surface area contributed by atoms with Gasteiger partial charge in [-0.2, -0.15) is 0 Å². The Morgan fingerprint density at radius 2 is 2.00 bits per heavy atom. The van der Waals surface area contributed by atoms with E-state index in [4.69, 9.17) is 0 Å². The van der Waals surface area contributed by atoms with Crippen LogP contribution in [0.2, 0.25) is 0 Å². The fourth-order valence-electron chi connectivity index (χ4n) is 1.64. The average Bonchev–Trinajstić information content (AvgIpc) is 2.33. The van der Waals surface area contributed by atoms with Crippen molar-refractivity contribution in [1.82, 2.24) is 5.32 Å². The van der Waals surface area contributed by atoms with E-state index in [2.05, 4.69) is 55.6 Å². The summed E-state index contributed by atoms with van der Waals surface area (Å²) in [5, 5.41) is 3.50. The molecule has 0 aliphatic heterocycles. The monoisotopic (exact) mass is 217 g/mol. The van der Waals surface area contributed by atoms with Gasteiger partial charge in [0.2, 0.25) is 0 Å². The van der Waals surface area contributed by atoms with Crippen LogP contribution in [0.4, 0.5) is 0 Å². The van der Waals surface area contributed by atoms with Gasteiger partial charge in [0.1, 0.15) is 0 Å². The molecule has 0 spiro atoms. The highest BCUT2D eigenvalue weighted by Gasteiger charge is 1.97. The van der Waals surface area contributed by atoms with Crippen molar-refractivity contribution in [2.45, 2.75) is 39.2 Å². The maximum absolute atomic E-state index is 3.50. The first kappa shape index (κ1) is 13.0. The van der Waals surface area contributed by atoms with Gasteiger partial charge in [-0.15, -0.1) is 0 Å². The van der Waals surface area contributed by atoms with Crippen molar-refractivity contribution < 1.29 is 0 Å². The van der Waals surface area contributed by atoms with Crippen molar-refractivity contribution in [1.29, 1.82) is 0 Å². The Kier molecular flexibility index (Phi) is 6.59. The molecule has 1 aromatic carbocycles. The number of rotatable bonds is 7. The molecule has 0 aromatic heterocycles. The molecule has 88 valence electrons. The van der Waals surface area contributed by atoms with Crippen LogP contribution in [-0.2, 0) is 0 Å². The van der Waals surface area contributed by atoms with E-state index in [9.17, 15) is 0 Å². The topological polar surface area (TPSA) is 12.0 Å². The third kappa shape index (κ3) is 5.72. The van der Waals surface area contributed by atoms with Gasteiger partial charge in [-0.3, -0.25) is 0 Å². The molecule has 0 heterocycles. The fourth-order valence-corrected chi connectivity index (χ4v) is 1.64. The van der Waals surface area contributed by atoms with Gasteiger partial charge in [-0.1, -0.05) is 62.2 Å². The summed E-state index contributed by atoms with van der Waals surface area (Å²) in [5.74, 6) is 0. The van der Waals surface area contributed by atoms with Crippen LogP contribution in [0.3, 0.4) is 0 Å². The summed E-state index contributed by atoms with van der Waals surface area (Å²) in [5.41, 5.74) is 1.27. The summed E-state index contributed by atoms with van der Waals surface area (Å²) < 4.78 is 0. The van der Waals surface area contributed by atoms with Crippen molar-refractivity contribution in [2.75, 3.05) is 6.54 Å². The van der Waals surface area contributed by atoms with Gasteiger partial charge in [-0.25, -0.2) is 0 Å². The SMILES string of the molecule is CCCCC(C)NCC=Cc1ccccc1. The van der Waals surface area contributed by atoms with Crippen LogP contribution in [0.1, 0.15) is 38.7 Å². The molecule has 0 amide bonds. The summed E-state index contributed by atoms with van der Waals surface area (Å²) in [6, 6.07) is 11.0. The van der Waals surface area contributed by atoms with Crippen LogP contribution in [-0.4, -0.2) is 12.6 Å². The zero-order valence-electron chi connectivity index (χ0n) is 10.4. The van der Waals surface area contributed by atoms with Gasteiger partial charge in [-0.05, 0) is 18.9 Å². The van der Waals surface area contributed by atoms with Crippen molar-refractivity contribution in [3.05, 3.63) is 42.0 Å². The fraction of sp³-hybridized carbons (Fsp3) is 0.467. The van der Waals surface area contributed by atoms with E-state index in [-0.39, 0.29) is 0 Å². The lowest BCUT2D eigenvalue weighted by Gasteiger charge is -2.10. The molecule has 0 bridgehead atoms. The van der Waals surface area contributed by atoms with E-state index >= 15 is 0 Å². The molecule has 0 aliphatic rings. The number of unbranched alkanes of at least 4 members (excludes halogenated alkanes) is 1. The van der Waals surface area contributed by atoms with Crippen molar-refractivity contribution in [3.63, 3.8) is 0 Å². The number of nitrogens with one attached hydrogen (secondary N) is 1. The third-order valence-electron chi connectivity index (χ3n) is 2.68. The minimum absolute atomic E-state index is 0.625. The lowest BCUT2D eigenvalue weighted by Crippen LogP contribution is -2.25. The lowest BCUT2D eigenvalue weighted by atomic mass is 10.1. The second-order valence-corrected chi connectivity index (χ2v) is 4.26. The molecule has 0 fully saturated rings. The highest BCUT2D eigenvalue weighted by Crippen LogP contribution is 2.01. The number of benzene rings is 1. The zero-order valence-corrected chi connectivity index (χ0v) is 10.4. The van der Waals surface area contributed by atoms with Crippen LogP contribution >= 0.6 is 0 Å². The van der Waals surface area contributed by atoms with Crippen LogP contribution in [0.25, 0.3) is 6.08 Å². The second kappa shape index (κ2) is 8.12. The molecule has 0 radical (unpaired) electrons. The van der Waals surface area contributed by atoms with Crippen molar-refractivity contribution >= 4 is 6.08 Å². The smallest absolute Gasteiger partial charge is 0.0140 e. The van der Waals surface area contributed by atoms with Crippen molar-refractivity contribution in [3.8, 4) is 0 Å². The van der Waals surface area contributed by atoms with Crippen LogP contribution in [0.15, 0.2) is 36.4 Å². The molecule has 1 N–H and O–H groups in total. The van der Waals surface area contributed by atoms with Crippen LogP contribution in [0, 0.1) is 0 Å². The molecule has 0 aliphatic carbocycles. The lowest BCUT2D eigenvalue weighted by molar-refractivity contribution is 0.519. The van der Waals surface area contributed by atoms with E-state index in [0.717, 1.165) is 6.54 Å². The second-order valence-electron chi connectivity index (χ2n) is 4.26. The predicted octanol–water partition coefficient (Wildman–Crippen LogP) is 3.87. The van der Waals surface area contributed by atoms with Gasteiger partial charge >= 0.3 is 0 Å². The summed E-state index contributed by atoms with van der Waals surface area (Å²) in [7, 11) is 0. The highest BCUT2D eigenvalue weighted by molar-refractivity contribution is 5.48. The first-order valence-corrected chi connectivity index (χ1v) is 6.28. The summed E-state index contributed by atoms with van der Waals surface area (Å²) in [6.07, 6.45) is 8.23. The summed E-state index contributed by atoms with van der Waals surface area (Å²) in [4.78, 5) is 0. The van der Waals surface area contributed by atoms with Crippen LogP contribution < -0.4 is 5.32 Å². The van der Waals surface area contributed by atoms with E-state index < -0.39 is 0 Å². The standard InChI is InChI=1S/C15H23N/c1-3-4-9-14(2)16-13-8-12-15-10-6-5-7-11-15/h5-8,10-12,14,16H,3-4,9,13H2,1-2H3. The van der Waals surface area contributed by atoms with Gasteiger partial charge in [0.15, 0.2) is 0 Å². The van der Waals surface area contributed by atoms with Crippen molar-refractivity contribution in [2.24, 2.45) is 0 Å². The Labute approximate surface area is 99.6 Å². The van der Waals surface area contributed by atoms with Gasteiger partial charge < -0.3 is 5.32 Å². The van der Waals surface area contributed by atoms with E-state index in [1.807, 2.05) is 6.07 Å². The minimum atomic E-state index is 0.625. The minimum Gasteiger partial charge on any atom is -0.311 e. The van der Waals surface area contributed by atoms with Gasteiger partial charge in [0, 0.05) is 12.6 Å². The normalized spacial score (nSPS) is 13.1. The van der Waals surface area contributed by atoms with E-state index in [1.54, 1.807) is 0 Å². The molecule has 1 atom stereocenters. The maximum Gasteiger partial charge on any atom is 0.0140 e. The maximum atomic E-state index is 3.50. The molecule has 16 heavy (non-hydrogen) atoms. The molecule has 1 nitrogen and oxygen atoms in total. The number of hydrogen-bond donors (Lipinski definition) is 1. The Morgan fingerprint density at radius 3 is 2.69 bits per heavy atom. The largest absolute Gasteiger partial charge is 0.311 e. The molecule has 1 aromatic rings. The Morgan fingerprint density at radius 1 is 1.25 bits per heavy atom. The first-order valence-electron chi connectivity index (χ1n) is 6.28. The molecular weight excluding hydrogens is 194 g/mol. The summed E-state index contributed by atoms with van der Waals surface area (Å²) >= 11 is 0. The Balaban J connectivity index is 2.17. The molecular formula is C15H23N. The molecule has 1 rings (SSSR count). The third-order valence-corrected chi connectivity index (χ3v) is 2.68. The quantitative estimate of drug-likeness (QED) is 0.731. The van der Waals surface area contributed by atoms with E-state index in [1.165, 1.54) is 24.8 Å². The number of hydrogen-bond acceptors (Lipinski definition) is 1. The van der Waals surface area contributed by atoms with Crippen LogP contribution in [0.5, 0.6) is 0 Å². The zero-order chi connectivity index (χ0) is 11.6. The molecule has 0 saturated carbocycles. The molecule has 1 heteroatoms. The Hall–Kier alpha value is -1.08. The van der Waals surface area contributed by atoms with Gasteiger partial charge in [0.05, 0.1) is 0 Å².